The van der Waals surface area contributed by atoms with Crippen molar-refractivity contribution >= 4 is 11.7 Å². The van der Waals surface area contributed by atoms with Crippen LogP contribution in [0, 0.1) is 17.0 Å². The summed E-state index contributed by atoms with van der Waals surface area (Å²) in [6.07, 6.45) is 1.06. The third-order valence-electron chi connectivity index (χ3n) is 2.05. The number of carbonyl (C=O) groups is 1. The lowest BCUT2D eigenvalue weighted by molar-refractivity contribution is -0.385. The summed E-state index contributed by atoms with van der Waals surface area (Å²) in [6.45, 7) is 3.48. The summed E-state index contributed by atoms with van der Waals surface area (Å²) in [5.41, 5.74) is 0.502. The zero-order chi connectivity index (χ0) is 12.1. The fourth-order valence-corrected chi connectivity index (χ4v) is 1.28. The highest BCUT2D eigenvalue weighted by Gasteiger charge is 2.12. The van der Waals surface area contributed by atoms with Gasteiger partial charge in [0.05, 0.1) is 4.92 Å². The molecule has 5 nitrogen and oxygen atoms in total. The smallest absolute Gasteiger partial charge is 0.311 e. The van der Waals surface area contributed by atoms with Crippen LogP contribution in [-0.2, 0) is 4.79 Å². The predicted octanol–water partition coefficient (Wildman–Crippen LogP) is 2.61. The molecule has 0 heterocycles. The van der Waals surface area contributed by atoms with Crippen molar-refractivity contribution in [2.24, 2.45) is 0 Å². The Bertz CT molecular complexity index is 414. The molecule has 0 spiro atoms. The first-order chi connectivity index (χ1) is 7.54. The zero-order valence-electron chi connectivity index (χ0n) is 9.23. The molecule has 5 heteroatoms. The molecule has 0 amide bonds. The van der Waals surface area contributed by atoms with Crippen LogP contribution in [0.25, 0.3) is 0 Å². The maximum absolute atomic E-state index is 11.2. The Balaban J connectivity index is 2.81. The van der Waals surface area contributed by atoms with Crippen LogP contribution in [0.5, 0.6) is 5.75 Å². The molecular weight excluding hydrogens is 210 g/mol. The lowest BCUT2D eigenvalue weighted by atomic mass is 10.2. The number of aryl methyl sites for hydroxylation is 1. The standard InChI is InChI=1S/C11H13NO4/c1-3-4-11(13)16-9-5-6-10(12(14)15)8(2)7-9/h5-7H,3-4H2,1-2H3. The predicted molar refractivity (Wildman–Crippen MR) is 58.4 cm³/mol. The van der Waals surface area contributed by atoms with E-state index in [2.05, 4.69) is 0 Å². The largest absolute Gasteiger partial charge is 0.427 e. The van der Waals surface area contributed by atoms with Gasteiger partial charge in [-0.2, -0.15) is 0 Å². The van der Waals surface area contributed by atoms with E-state index in [1.807, 2.05) is 6.92 Å². The van der Waals surface area contributed by atoms with Gasteiger partial charge in [0.25, 0.3) is 5.69 Å². The van der Waals surface area contributed by atoms with Crippen LogP contribution < -0.4 is 4.74 Å². The molecule has 0 bridgehead atoms. The minimum Gasteiger partial charge on any atom is -0.427 e. The van der Waals surface area contributed by atoms with Crippen LogP contribution >= 0.6 is 0 Å². The Morgan fingerprint density at radius 1 is 1.50 bits per heavy atom. The van der Waals surface area contributed by atoms with E-state index in [9.17, 15) is 14.9 Å². The van der Waals surface area contributed by atoms with Gasteiger partial charge in [0.15, 0.2) is 0 Å². The molecule has 0 radical (unpaired) electrons. The van der Waals surface area contributed by atoms with Crippen molar-refractivity contribution in [2.45, 2.75) is 26.7 Å². The van der Waals surface area contributed by atoms with Crippen molar-refractivity contribution < 1.29 is 14.5 Å². The van der Waals surface area contributed by atoms with Crippen LogP contribution in [-0.4, -0.2) is 10.9 Å². The summed E-state index contributed by atoms with van der Waals surface area (Å²) < 4.78 is 5.01. The van der Waals surface area contributed by atoms with E-state index >= 15 is 0 Å². The van der Waals surface area contributed by atoms with Crippen molar-refractivity contribution in [1.82, 2.24) is 0 Å². The second-order valence-corrected chi connectivity index (χ2v) is 3.43. The number of rotatable bonds is 4. The molecule has 0 fully saturated rings. The maximum Gasteiger partial charge on any atom is 0.311 e. The fourth-order valence-electron chi connectivity index (χ4n) is 1.28. The highest BCUT2D eigenvalue weighted by molar-refractivity contribution is 5.72. The summed E-state index contributed by atoms with van der Waals surface area (Å²) >= 11 is 0. The fraction of sp³-hybridized carbons (Fsp3) is 0.364. The molecule has 86 valence electrons. The molecular formula is C11H13NO4. The highest BCUT2D eigenvalue weighted by Crippen LogP contribution is 2.23. The molecule has 0 saturated heterocycles. The third kappa shape index (κ3) is 3.05. The van der Waals surface area contributed by atoms with Crippen LogP contribution in [0.3, 0.4) is 0 Å². The first-order valence-electron chi connectivity index (χ1n) is 5.00. The summed E-state index contributed by atoms with van der Waals surface area (Å²) in [4.78, 5) is 21.3. The van der Waals surface area contributed by atoms with Crippen LogP contribution in [0.15, 0.2) is 18.2 Å². The molecule has 0 atom stereocenters. The quantitative estimate of drug-likeness (QED) is 0.340. The monoisotopic (exact) mass is 223 g/mol. The Hall–Kier alpha value is -1.91. The molecule has 1 rings (SSSR count). The van der Waals surface area contributed by atoms with E-state index in [4.69, 9.17) is 4.74 Å². The van der Waals surface area contributed by atoms with Gasteiger partial charge in [-0.1, -0.05) is 6.92 Å². The second-order valence-electron chi connectivity index (χ2n) is 3.43. The normalized spacial score (nSPS) is 9.88. The number of benzene rings is 1. The van der Waals surface area contributed by atoms with Gasteiger partial charge in [-0.15, -0.1) is 0 Å². The number of nitrogens with zero attached hydrogens (tertiary/aromatic N) is 1. The minimum absolute atomic E-state index is 0.0234. The molecule has 0 aliphatic carbocycles. The molecule has 1 aromatic carbocycles. The average molecular weight is 223 g/mol. The van der Waals surface area contributed by atoms with E-state index in [0.717, 1.165) is 0 Å². The molecule has 1 aromatic rings. The molecule has 0 aliphatic rings. The van der Waals surface area contributed by atoms with Gasteiger partial charge >= 0.3 is 5.97 Å². The van der Waals surface area contributed by atoms with Crippen LogP contribution in [0.1, 0.15) is 25.3 Å². The number of hydrogen-bond acceptors (Lipinski definition) is 4. The number of hydrogen-bond donors (Lipinski definition) is 0. The van der Waals surface area contributed by atoms with Crippen LogP contribution in [0.2, 0.25) is 0 Å². The van der Waals surface area contributed by atoms with Crippen molar-refractivity contribution in [2.75, 3.05) is 0 Å². The first-order valence-corrected chi connectivity index (χ1v) is 5.00. The van der Waals surface area contributed by atoms with Gasteiger partial charge in [0.1, 0.15) is 5.75 Å². The average Bonchev–Trinajstić information content (AvgIpc) is 2.17. The van der Waals surface area contributed by atoms with Gasteiger partial charge in [-0.25, -0.2) is 0 Å². The lowest BCUT2D eigenvalue weighted by Crippen LogP contribution is -2.07. The first kappa shape index (κ1) is 12.2. The topological polar surface area (TPSA) is 69.4 Å². The van der Waals surface area contributed by atoms with Gasteiger partial charge < -0.3 is 4.74 Å². The van der Waals surface area contributed by atoms with E-state index in [-0.39, 0.29) is 11.7 Å². The summed E-state index contributed by atoms with van der Waals surface area (Å²) in [5.74, 6) is 0.0253. The number of ether oxygens (including phenoxy) is 1. The molecule has 0 unspecified atom stereocenters. The Morgan fingerprint density at radius 3 is 2.69 bits per heavy atom. The summed E-state index contributed by atoms with van der Waals surface area (Å²) in [5, 5.41) is 10.6. The van der Waals surface area contributed by atoms with E-state index in [1.165, 1.54) is 18.2 Å². The second kappa shape index (κ2) is 5.25. The summed E-state index contributed by atoms with van der Waals surface area (Å²) in [6, 6.07) is 4.26. The van der Waals surface area contributed by atoms with Gasteiger partial charge in [-0.05, 0) is 25.5 Å². The molecule has 0 saturated carbocycles. The van der Waals surface area contributed by atoms with E-state index in [1.54, 1.807) is 6.92 Å². The Morgan fingerprint density at radius 2 is 2.19 bits per heavy atom. The minimum atomic E-state index is -0.465. The lowest BCUT2D eigenvalue weighted by Gasteiger charge is -2.04. The van der Waals surface area contributed by atoms with Gasteiger partial charge in [0, 0.05) is 18.1 Å². The highest BCUT2D eigenvalue weighted by atomic mass is 16.6. The van der Waals surface area contributed by atoms with Crippen molar-refractivity contribution in [3.8, 4) is 5.75 Å². The number of carbonyl (C=O) groups excluding carboxylic acids is 1. The number of nitro groups is 1. The molecule has 0 aromatic heterocycles. The number of nitro benzene ring substituents is 1. The van der Waals surface area contributed by atoms with Crippen molar-refractivity contribution in [1.29, 1.82) is 0 Å². The third-order valence-corrected chi connectivity index (χ3v) is 2.05. The van der Waals surface area contributed by atoms with Crippen molar-refractivity contribution in [3.05, 3.63) is 33.9 Å². The maximum atomic E-state index is 11.2. The molecule has 0 aliphatic heterocycles. The van der Waals surface area contributed by atoms with Gasteiger partial charge in [0.2, 0.25) is 0 Å². The molecule has 0 N–H and O–H groups in total. The van der Waals surface area contributed by atoms with E-state index in [0.29, 0.717) is 24.2 Å². The number of esters is 1. The Kier molecular flexibility index (Phi) is 3.99. The van der Waals surface area contributed by atoms with E-state index < -0.39 is 4.92 Å². The Labute approximate surface area is 93.2 Å². The molecule has 16 heavy (non-hydrogen) atoms. The summed E-state index contributed by atoms with van der Waals surface area (Å²) in [7, 11) is 0. The van der Waals surface area contributed by atoms with Gasteiger partial charge in [-0.3, -0.25) is 14.9 Å². The SMILES string of the molecule is CCCC(=O)Oc1ccc([N+](=O)[O-])c(C)c1. The van der Waals surface area contributed by atoms with Crippen LogP contribution in [0.4, 0.5) is 5.69 Å². The van der Waals surface area contributed by atoms with Crippen molar-refractivity contribution in [3.63, 3.8) is 0 Å². The zero-order valence-corrected chi connectivity index (χ0v) is 9.23.